The number of carbonyl (C=O) groups is 1. The lowest BCUT2D eigenvalue weighted by Crippen LogP contribution is -2.28. The smallest absolute Gasteiger partial charge is 0.220 e. The van der Waals surface area contributed by atoms with Crippen molar-refractivity contribution in [2.24, 2.45) is 0 Å². The number of amides is 1. The Kier molecular flexibility index (Phi) is 6.83. The van der Waals surface area contributed by atoms with Gasteiger partial charge in [-0.05, 0) is 41.8 Å². The van der Waals surface area contributed by atoms with Crippen LogP contribution in [0.2, 0.25) is 0 Å². The summed E-state index contributed by atoms with van der Waals surface area (Å²) in [7, 11) is 5.56. The standard InChI is InChI=1S/C20H26N2O3/c1-22(2)17-9-7-16(8-10-17)19(23)14-21-20(24)13-6-15-4-11-18(25-3)12-5-15/h4-5,7-12,19,23H,6,13-14H2,1-3H3,(H,21,24). The minimum atomic E-state index is -0.707. The molecule has 1 amide bonds. The number of carbonyl (C=O) groups excluding carboxylic acids is 1. The monoisotopic (exact) mass is 342 g/mol. The highest BCUT2D eigenvalue weighted by Gasteiger charge is 2.10. The number of aryl methyl sites for hydroxylation is 1. The van der Waals surface area contributed by atoms with Crippen molar-refractivity contribution in [3.05, 3.63) is 59.7 Å². The fraction of sp³-hybridized carbons (Fsp3) is 0.350. The van der Waals surface area contributed by atoms with Crippen LogP contribution in [-0.4, -0.2) is 38.8 Å². The van der Waals surface area contributed by atoms with Crippen molar-refractivity contribution in [3.8, 4) is 5.75 Å². The maximum Gasteiger partial charge on any atom is 0.220 e. The van der Waals surface area contributed by atoms with Crippen LogP contribution in [0.1, 0.15) is 23.7 Å². The number of methoxy groups -OCH3 is 1. The summed E-state index contributed by atoms with van der Waals surface area (Å²) in [6.45, 7) is 0.211. The first kappa shape index (κ1) is 18.8. The van der Waals surface area contributed by atoms with Gasteiger partial charge in [-0.3, -0.25) is 4.79 Å². The van der Waals surface area contributed by atoms with Crippen molar-refractivity contribution in [2.75, 3.05) is 32.6 Å². The third kappa shape index (κ3) is 5.80. The molecule has 2 aromatic rings. The number of benzene rings is 2. The molecule has 0 aliphatic carbocycles. The zero-order valence-corrected chi connectivity index (χ0v) is 15.0. The highest BCUT2D eigenvalue weighted by atomic mass is 16.5. The first-order valence-electron chi connectivity index (χ1n) is 8.34. The fourth-order valence-electron chi connectivity index (χ4n) is 2.46. The summed E-state index contributed by atoms with van der Waals surface area (Å²) in [5.74, 6) is 0.733. The van der Waals surface area contributed by atoms with Crippen LogP contribution in [0.15, 0.2) is 48.5 Å². The van der Waals surface area contributed by atoms with E-state index in [1.54, 1.807) is 7.11 Å². The van der Waals surface area contributed by atoms with E-state index in [1.165, 1.54) is 0 Å². The molecule has 0 bridgehead atoms. The zero-order chi connectivity index (χ0) is 18.2. The highest BCUT2D eigenvalue weighted by molar-refractivity contribution is 5.76. The lowest BCUT2D eigenvalue weighted by atomic mass is 10.1. The molecule has 25 heavy (non-hydrogen) atoms. The normalized spacial score (nSPS) is 11.7. The predicted octanol–water partition coefficient (Wildman–Crippen LogP) is 2.54. The summed E-state index contributed by atoms with van der Waals surface area (Å²) < 4.78 is 5.11. The quantitative estimate of drug-likeness (QED) is 0.774. The van der Waals surface area contributed by atoms with Crippen LogP contribution in [0.4, 0.5) is 5.69 Å². The molecular formula is C20H26N2O3. The van der Waals surface area contributed by atoms with E-state index >= 15 is 0 Å². The van der Waals surface area contributed by atoms with Crippen molar-refractivity contribution in [2.45, 2.75) is 18.9 Å². The number of aliphatic hydroxyl groups is 1. The van der Waals surface area contributed by atoms with Gasteiger partial charge in [-0.1, -0.05) is 24.3 Å². The second-order valence-electron chi connectivity index (χ2n) is 6.15. The number of hydrogen-bond acceptors (Lipinski definition) is 4. The van der Waals surface area contributed by atoms with Crippen molar-refractivity contribution in [3.63, 3.8) is 0 Å². The molecule has 0 aliphatic rings. The summed E-state index contributed by atoms with van der Waals surface area (Å²) in [5.41, 5.74) is 2.94. The van der Waals surface area contributed by atoms with Gasteiger partial charge in [0, 0.05) is 32.7 Å². The molecule has 0 saturated heterocycles. The minimum absolute atomic E-state index is 0.0696. The molecule has 2 N–H and O–H groups in total. The highest BCUT2D eigenvalue weighted by Crippen LogP contribution is 2.17. The molecule has 5 heteroatoms. The molecule has 0 aromatic heterocycles. The fourth-order valence-corrected chi connectivity index (χ4v) is 2.46. The van der Waals surface area contributed by atoms with Gasteiger partial charge in [0.1, 0.15) is 5.75 Å². The van der Waals surface area contributed by atoms with Gasteiger partial charge in [-0.15, -0.1) is 0 Å². The Morgan fingerprint density at radius 3 is 2.32 bits per heavy atom. The largest absolute Gasteiger partial charge is 0.497 e. The Hall–Kier alpha value is -2.53. The van der Waals surface area contributed by atoms with Gasteiger partial charge in [0.15, 0.2) is 0 Å². The Bertz CT molecular complexity index is 666. The molecule has 0 fully saturated rings. The van der Waals surface area contributed by atoms with Crippen LogP contribution in [0, 0.1) is 0 Å². The number of ether oxygens (including phenoxy) is 1. The topological polar surface area (TPSA) is 61.8 Å². The first-order valence-corrected chi connectivity index (χ1v) is 8.34. The van der Waals surface area contributed by atoms with E-state index in [0.717, 1.165) is 22.6 Å². The van der Waals surface area contributed by atoms with Crippen molar-refractivity contribution in [1.29, 1.82) is 0 Å². The van der Waals surface area contributed by atoms with E-state index in [2.05, 4.69) is 5.32 Å². The van der Waals surface area contributed by atoms with Gasteiger partial charge in [0.05, 0.1) is 13.2 Å². The van der Waals surface area contributed by atoms with Gasteiger partial charge in [0.2, 0.25) is 5.91 Å². The van der Waals surface area contributed by atoms with E-state index in [0.29, 0.717) is 12.8 Å². The summed E-state index contributed by atoms with van der Waals surface area (Å²) in [5, 5.41) is 13.0. The molecule has 2 aromatic carbocycles. The molecule has 1 unspecified atom stereocenters. The van der Waals surface area contributed by atoms with Crippen molar-refractivity contribution in [1.82, 2.24) is 5.32 Å². The van der Waals surface area contributed by atoms with Crippen molar-refractivity contribution < 1.29 is 14.6 Å². The number of aliphatic hydroxyl groups excluding tert-OH is 1. The number of rotatable bonds is 8. The average molecular weight is 342 g/mol. The lowest BCUT2D eigenvalue weighted by molar-refractivity contribution is -0.121. The maximum atomic E-state index is 12.0. The Morgan fingerprint density at radius 2 is 1.76 bits per heavy atom. The second kappa shape index (κ2) is 9.08. The Labute approximate surface area is 149 Å². The molecule has 0 heterocycles. The van der Waals surface area contributed by atoms with Crippen LogP contribution in [-0.2, 0) is 11.2 Å². The molecule has 1 atom stereocenters. The van der Waals surface area contributed by atoms with E-state index < -0.39 is 6.10 Å². The van der Waals surface area contributed by atoms with Crippen LogP contribution in [0.3, 0.4) is 0 Å². The van der Waals surface area contributed by atoms with Crippen LogP contribution in [0.5, 0.6) is 5.75 Å². The zero-order valence-electron chi connectivity index (χ0n) is 15.0. The number of nitrogens with one attached hydrogen (secondary N) is 1. The summed E-state index contributed by atoms with van der Waals surface area (Å²) in [6.07, 6.45) is 0.336. The predicted molar refractivity (Wildman–Crippen MR) is 100 cm³/mol. The van der Waals surface area contributed by atoms with Gasteiger partial charge < -0.3 is 20.1 Å². The molecule has 0 spiro atoms. The molecule has 5 nitrogen and oxygen atoms in total. The van der Waals surface area contributed by atoms with Gasteiger partial charge >= 0.3 is 0 Å². The maximum absolute atomic E-state index is 12.0. The Balaban J connectivity index is 1.76. The second-order valence-corrected chi connectivity index (χ2v) is 6.15. The van der Waals surface area contributed by atoms with Crippen LogP contribution in [0.25, 0.3) is 0 Å². The number of hydrogen-bond donors (Lipinski definition) is 2. The SMILES string of the molecule is COc1ccc(CCC(=O)NCC(O)c2ccc(N(C)C)cc2)cc1. The first-order chi connectivity index (χ1) is 12.0. The van der Waals surface area contributed by atoms with E-state index in [-0.39, 0.29) is 12.5 Å². The van der Waals surface area contributed by atoms with Crippen LogP contribution >= 0.6 is 0 Å². The number of nitrogens with zero attached hydrogens (tertiary/aromatic N) is 1. The van der Waals surface area contributed by atoms with Gasteiger partial charge in [-0.25, -0.2) is 0 Å². The molecule has 0 radical (unpaired) electrons. The minimum Gasteiger partial charge on any atom is -0.497 e. The molecular weight excluding hydrogens is 316 g/mol. The van der Waals surface area contributed by atoms with E-state index in [4.69, 9.17) is 4.74 Å². The van der Waals surface area contributed by atoms with Crippen molar-refractivity contribution >= 4 is 11.6 Å². The van der Waals surface area contributed by atoms with Crippen LogP contribution < -0.4 is 15.0 Å². The molecule has 0 aliphatic heterocycles. The van der Waals surface area contributed by atoms with Gasteiger partial charge in [0.25, 0.3) is 0 Å². The number of anilines is 1. The van der Waals surface area contributed by atoms with E-state index in [1.807, 2.05) is 67.5 Å². The summed E-state index contributed by atoms with van der Waals surface area (Å²) in [6, 6.07) is 15.3. The molecule has 0 saturated carbocycles. The third-order valence-corrected chi connectivity index (χ3v) is 4.09. The van der Waals surface area contributed by atoms with E-state index in [9.17, 15) is 9.90 Å². The Morgan fingerprint density at radius 1 is 1.12 bits per heavy atom. The molecule has 134 valence electrons. The molecule has 2 rings (SSSR count). The average Bonchev–Trinajstić information content (AvgIpc) is 2.64. The summed E-state index contributed by atoms with van der Waals surface area (Å²) in [4.78, 5) is 14.0. The lowest BCUT2D eigenvalue weighted by Gasteiger charge is -2.15. The third-order valence-electron chi connectivity index (χ3n) is 4.09. The summed E-state index contributed by atoms with van der Waals surface area (Å²) >= 11 is 0. The van der Waals surface area contributed by atoms with Gasteiger partial charge in [-0.2, -0.15) is 0 Å².